The first kappa shape index (κ1) is 9.95. The Kier molecular flexibility index (Phi) is 3.49. The van der Waals surface area contributed by atoms with Crippen LogP contribution in [0.15, 0.2) is 0 Å². The van der Waals surface area contributed by atoms with Crippen LogP contribution in [0.3, 0.4) is 0 Å². The summed E-state index contributed by atoms with van der Waals surface area (Å²) < 4.78 is 24.6. The van der Waals surface area contributed by atoms with Crippen LogP contribution >= 0.6 is 0 Å². The summed E-state index contributed by atoms with van der Waals surface area (Å²) in [5.74, 6) is 0.192. The van der Waals surface area contributed by atoms with E-state index in [-0.39, 0.29) is 5.75 Å². The van der Waals surface area contributed by atoms with Crippen LogP contribution in [-0.4, -0.2) is 33.3 Å². The molecular formula is C7H16N2O2S. The van der Waals surface area contributed by atoms with Crippen molar-refractivity contribution in [3.63, 3.8) is 0 Å². The molecule has 72 valence electrons. The molecule has 0 aromatic rings. The normalized spacial score (nSPS) is 18.1. The molecule has 1 aliphatic rings. The molecule has 0 amide bonds. The maximum Gasteiger partial charge on any atom is 0.212 e. The molecule has 4 nitrogen and oxygen atoms in total. The zero-order valence-electron chi connectivity index (χ0n) is 7.34. The molecule has 0 saturated heterocycles. The largest absolute Gasteiger partial charge is 0.313 e. The molecular weight excluding hydrogens is 176 g/mol. The molecule has 0 bridgehead atoms. The predicted octanol–water partition coefficient (Wildman–Crippen LogP) is -0.322. The van der Waals surface area contributed by atoms with Crippen molar-refractivity contribution in [1.82, 2.24) is 10.0 Å². The minimum absolute atomic E-state index is 0.192. The summed E-state index contributed by atoms with van der Waals surface area (Å²) in [5, 5.41) is 3.15. The smallest absolute Gasteiger partial charge is 0.212 e. The van der Waals surface area contributed by atoms with Crippen LogP contribution < -0.4 is 10.0 Å². The van der Waals surface area contributed by atoms with Gasteiger partial charge in [0, 0.05) is 19.1 Å². The number of hydrogen-bond acceptors (Lipinski definition) is 3. The van der Waals surface area contributed by atoms with Crippen molar-refractivity contribution in [3.05, 3.63) is 0 Å². The standard InChI is InChI=1S/C7H16N2O2S/c1-2-9-12(10,11)6-5-8-7-3-4-7/h7-9H,2-6H2,1H3. The zero-order chi connectivity index (χ0) is 9.03. The summed E-state index contributed by atoms with van der Waals surface area (Å²) in [4.78, 5) is 0. The lowest BCUT2D eigenvalue weighted by Gasteiger charge is -2.04. The molecule has 1 fully saturated rings. The summed E-state index contributed by atoms with van der Waals surface area (Å²) in [6.45, 7) is 2.83. The van der Waals surface area contributed by atoms with E-state index in [0.29, 0.717) is 19.1 Å². The third-order valence-electron chi connectivity index (χ3n) is 1.75. The van der Waals surface area contributed by atoms with E-state index in [1.165, 1.54) is 12.8 Å². The van der Waals surface area contributed by atoms with Crippen molar-refractivity contribution >= 4 is 10.0 Å². The highest BCUT2D eigenvalue weighted by molar-refractivity contribution is 7.89. The highest BCUT2D eigenvalue weighted by Crippen LogP contribution is 2.17. The minimum atomic E-state index is -3.01. The van der Waals surface area contributed by atoms with E-state index in [0.717, 1.165) is 0 Å². The number of rotatable bonds is 6. The summed E-state index contributed by atoms with van der Waals surface area (Å²) in [6, 6.07) is 0.585. The van der Waals surface area contributed by atoms with Gasteiger partial charge in [0.15, 0.2) is 0 Å². The third kappa shape index (κ3) is 4.04. The average molecular weight is 192 g/mol. The highest BCUT2D eigenvalue weighted by Gasteiger charge is 2.20. The van der Waals surface area contributed by atoms with Gasteiger partial charge in [0.1, 0.15) is 0 Å². The van der Waals surface area contributed by atoms with Crippen LogP contribution in [0.5, 0.6) is 0 Å². The van der Waals surface area contributed by atoms with Gasteiger partial charge >= 0.3 is 0 Å². The van der Waals surface area contributed by atoms with Gasteiger partial charge in [-0.2, -0.15) is 0 Å². The summed E-state index contributed by atoms with van der Waals surface area (Å²) in [7, 11) is -3.01. The highest BCUT2D eigenvalue weighted by atomic mass is 32.2. The van der Waals surface area contributed by atoms with Crippen molar-refractivity contribution in [1.29, 1.82) is 0 Å². The van der Waals surface area contributed by atoms with Crippen molar-refractivity contribution < 1.29 is 8.42 Å². The first-order valence-corrected chi connectivity index (χ1v) is 6.00. The Hall–Kier alpha value is -0.130. The molecule has 0 aliphatic heterocycles. The molecule has 1 rings (SSSR count). The van der Waals surface area contributed by atoms with Crippen LogP contribution in [-0.2, 0) is 10.0 Å². The van der Waals surface area contributed by atoms with Gasteiger partial charge in [-0.05, 0) is 12.8 Å². The summed E-state index contributed by atoms with van der Waals surface area (Å²) in [6.07, 6.45) is 2.39. The number of sulfonamides is 1. The Bertz CT molecular complexity index is 222. The number of hydrogen-bond donors (Lipinski definition) is 2. The van der Waals surface area contributed by atoms with Crippen LogP contribution in [0.4, 0.5) is 0 Å². The van der Waals surface area contributed by atoms with Crippen molar-refractivity contribution in [3.8, 4) is 0 Å². The van der Waals surface area contributed by atoms with E-state index in [9.17, 15) is 8.42 Å². The number of nitrogens with one attached hydrogen (secondary N) is 2. The maximum absolute atomic E-state index is 11.1. The van der Waals surface area contributed by atoms with E-state index in [1.54, 1.807) is 6.92 Å². The van der Waals surface area contributed by atoms with Gasteiger partial charge in [-0.1, -0.05) is 6.92 Å². The van der Waals surface area contributed by atoms with Crippen molar-refractivity contribution in [2.75, 3.05) is 18.8 Å². The SMILES string of the molecule is CCNS(=O)(=O)CCNC1CC1. The zero-order valence-corrected chi connectivity index (χ0v) is 8.15. The molecule has 0 aromatic heterocycles. The lowest BCUT2D eigenvalue weighted by Crippen LogP contribution is -2.32. The second-order valence-corrected chi connectivity index (χ2v) is 4.97. The first-order chi connectivity index (χ1) is 5.64. The van der Waals surface area contributed by atoms with Crippen LogP contribution in [0.25, 0.3) is 0 Å². The van der Waals surface area contributed by atoms with Gasteiger partial charge < -0.3 is 5.32 Å². The van der Waals surface area contributed by atoms with Gasteiger partial charge in [-0.15, -0.1) is 0 Å². The average Bonchev–Trinajstić information content (AvgIpc) is 2.70. The Balaban J connectivity index is 2.10. The molecule has 1 aliphatic carbocycles. The first-order valence-electron chi connectivity index (χ1n) is 4.35. The fourth-order valence-corrected chi connectivity index (χ4v) is 1.95. The van der Waals surface area contributed by atoms with Crippen molar-refractivity contribution in [2.24, 2.45) is 0 Å². The third-order valence-corrected chi connectivity index (χ3v) is 3.22. The van der Waals surface area contributed by atoms with E-state index in [2.05, 4.69) is 10.0 Å². The monoisotopic (exact) mass is 192 g/mol. The second-order valence-electron chi connectivity index (χ2n) is 3.05. The summed E-state index contributed by atoms with van der Waals surface area (Å²) in [5.41, 5.74) is 0. The van der Waals surface area contributed by atoms with E-state index in [4.69, 9.17) is 0 Å². The molecule has 0 spiro atoms. The Morgan fingerprint density at radius 2 is 2.08 bits per heavy atom. The molecule has 2 N–H and O–H groups in total. The fourth-order valence-electron chi connectivity index (χ4n) is 0.977. The van der Waals surface area contributed by atoms with E-state index < -0.39 is 10.0 Å². The van der Waals surface area contributed by atoms with Crippen LogP contribution in [0.1, 0.15) is 19.8 Å². The topological polar surface area (TPSA) is 58.2 Å². The lowest BCUT2D eigenvalue weighted by molar-refractivity contribution is 0.578. The van der Waals surface area contributed by atoms with Gasteiger partial charge in [-0.3, -0.25) is 0 Å². The fraction of sp³-hybridized carbons (Fsp3) is 1.00. The summed E-state index contributed by atoms with van der Waals surface area (Å²) >= 11 is 0. The van der Waals surface area contributed by atoms with E-state index >= 15 is 0 Å². The Morgan fingerprint density at radius 1 is 1.42 bits per heavy atom. The predicted molar refractivity (Wildman–Crippen MR) is 48.5 cm³/mol. The molecule has 12 heavy (non-hydrogen) atoms. The Labute approximate surface area is 73.8 Å². The van der Waals surface area contributed by atoms with Crippen molar-refractivity contribution in [2.45, 2.75) is 25.8 Å². The molecule has 0 radical (unpaired) electrons. The molecule has 0 unspecified atom stereocenters. The van der Waals surface area contributed by atoms with Crippen LogP contribution in [0.2, 0.25) is 0 Å². The van der Waals surface area contributed by atoms with Gasteiger partial charge in [0.2, 0.25) is 10.0 Å². The molecule has 1 saturated carbocycles. The molecule has 0 atom stereocenters. The molecule has 5 heteroatoms. The maximum atomic E-state index is 11.1. The quantitative estimate of drug-likeness (QED) is 0.606. The van der Waals surface area contributed by atoms with Gasteiger partial charge in [0.05, 0.1) is 5.75 Å². The second kappa shape index (κ2) is 4.20. The van der Waals surface area contributed by atoms with E-state index in [1.807, 2.05) is 0 Å². The minimum Gasteiger partial charge on any atom is -0.313 e. The Morgan fingerprint density at radius 3 is 2.58 bits per heavy atom. The van der Waals surface area contributed by atoms with Gasteiger partial charge in [0.25, 0.3) is 0 Å². The lowest BCUT2D eigenvalue weighted by atomic mass is 10.6. The van der Waals surface area contributed by atoms with Gasteiger partial charge in [-0.25, -0.2) is 13.1 Å². The molecule has 0 aromatic carbocycles. The van der Waals surface area contributed by atoms with Crippen LogP contribution in [0, 0.1) is 0 Å². The molecule has 0 heterocycles.